The molecule has 3 rings (SSSR count). The summed E-state index contributed by atoms with van der Waals surface area (Å²) in [7, 11) is 0. The van der Waals surface area contributed by atoms with Crippen LogP contribution < -0.4 is 0 Å². The van der Waals surface area contributed by atoms with Gasteiger partial charge in [0, 0.05) is 25.6 Å². The summed E-state index contributed by atoms with van der Waals surface area (Å²) in [6.07, 6.45) is 6.48. The Kier molecular flexibility index (Phi) is 1.86. The smallest absolute Gasteiger partial charge is 0.135 e. The molecule has 0 spiro atoms. The van der Waals surface area contributed by atoms with Crippen LogP contribution in [0, 0.1) is 0 Å². The minimum absolute atomic E-state index is 0.668. The van der Waals surface area contributed by atoms with Crippen LogP contribution in [-0.4, -0.2) is 41.3 Å². The summed E-state index contributed by atoms with van der Waals surface area (Å²) < 4.78 is 5.47. The normalized spacial score (nSPS) is 38.5. The van der Waals surface area contributed by atoms with Crippen LogP contribution in [0.1, 0.15) is 25.7 Å². The number of hydrogen-bond donors (Lipinski definition) is 1. The Balaban J connectivity index is 1.71. The van der Waals surface area contributed by atoms with Gasteiger partial charge in [-0.1, -0.05) is 0 Å². The van der Waals surface area contributed by atoms with E-state index in [9.17, 15) is 5.11 Å². The van der Waals surface area contributed by atoms with Gasteiger partial charge < -0.3 is 9.84 Å². The van der Waals surface area contributed by atoms with Crippen molar-refractivity contribution >= 4 is 0 Å². The quantitative estimate of drug-likeness (QED) is 0.710. The molecule has 78 valence electrons. The van der Waals surface area contributed by atoms with Crippen molar-refractivity contribution in [1.82, 2.24) is 4.90 Å². The van der Waals surface area contributed by atoms with Gasteiger partial charge in [0.05, 0.1) is 6.61 Å². The van der Waals surface area contributed by atoms with Crippen molar-refractivity contribution in [2.75, 3.05) is 19.7 Å². The average Bonchev–Trinajstić information content (AvgIpc) is 2.74. The summed E-state index contributed by atoms with van der Waals surface area (Å²) in [5.41, 5.74) is -0.668. The SMILES string of the molecule is OC1(C2=CCCO2)CCN(C2CC2)C1. The Morgan fingerprint density at radius 3 is 3.00 bits per heavy atom. The molecular weight excluding hydrogens is 178 g/mol. The first kappa shape index (κ1) is 8.74. The predicted octanol–water partition coefficient (Wildman–Crippen LogP) is 0.890. The predicted molar refractivity (Wildman–Crippen MR) is 52.8 cm³/mol. The molecule has 1 atom stereocenters. The molecule has 2 heterocycles. The number of β-amino-alcohol motifs (C(OH)–C–C–N with tert-alkyl or cyclic N) is 1. The minimum Gasteiger partial charge on any atom is -0.495 e. The van der Waals surface area contributed by atoms with Crippen LogP contribution in [0.3, 0.4) is 0 Å². The Morgan fingerprint density at radius 2 is 2.36 bits per heavy atom. The fourth-order valence-corrected chi connectivity index (χ4v) is 2.52. The molecule has 1 saturated heterocycles. The molecule has 3 heteroatoms. The highest BCUT2D eigenvalue weighted by atomic mass is 16.5. The number of hydrogen-bond acceptors (Lipinski definition) is 3. The van der Waals surface area contributed by atoms with Crippen molar-refractivity contribution in [2.24, 2.45) is 0 Å². The van der Waals surface area contributed by atoms with Gasteiger partial charge in [-0.05, 0) is 25.3 Å². The summed E-state index contributed by atoms with van der Waals surface area (Å²) in [6, 6.07) is 0.756. The van der Waals surface area contributed by atoms with Crippen LogP contribution in [0.2, 0.25) is 0 Å². The molecule has 1 saturated carbocycles. The van der Waals surface area contributed by atoms with Gasteiger partial charge in [-0.2, -0.15) is 0 Å². The Hall–Kier alpha value is -0.540. The van der Waals surface area contributed by atoms with Gasteiger partial charge >= 0.3 is 0 Å². The molecule has 1 N–H and O–H groups in total. The maximum atomic E-state index is 10.4. The second kappa shape index (κ2) is 2.97. The zero-order valence-electron chi connectivity index (χ0n) is 8.41. The molecule has 0 bridgehead atoms. The molecular formula is C11H17NO2. The maximum absolute atomic E-state index is 10.4. The molecule has 0 amide bonds. The highest BCUT2D eigenvalue weighted by molar-refractivity contribution is 5.17. The van der Waals surface area contributed by atoms with Gasteiger partial charge in [0.2, 0.25) is 0 Å². The van der Waals surface area contributed by atoms with Crippen molar-refractivity contribution in [3.05, 3.63) is 11.8 Å². The van der Waals surface area contributed by atoms with Crippen LogP contribution in [0.15, 0.2) is 11.8 Å². The molecule has 14 heavy (non-hydrogen) atoms. The molecule has 0 aromatic rings. The highest BCUT2D eigenvalue weighted by Crippen LogP contribution is 2.37. The number of rotatable bonds is 2. The van der Waals surface area contributed by atoms with E-state index in [0.717, 1.165) is 44.3 Å². The summed E-state index contributed by atoms with van der Waals surface area (Å²) in [4.78, 5) is 2.41. The standard InChI is InChI=1S/C11H17NO2/c13-11(10-2-1-7-14-10)5-6-12(8-11)9-3-4-9/h2,9,13H,1,3-8H2. The van der Waals surface area contributed by atoms with E-state index in [4.69, 9.17) is 4.74 Å². The van der Waals surface area contributed by atoms with Crippen molar-refractivity contribution < 1.29 is 9.84 Å². The fourth-order valence-electron chi connectivity index (χ4n) is 2.52. The van der Waals surface area contributed by atoms with Crippen LogP contribution >= 0.6 is 0 Å². The van der Waals surface area contributed by atoms with Gasteiger partial charge in [-0.15, -0.1) is 0 Å². The van der Waals surface area contributed by atoms with Crippen molar-refractivity contribution in [3.8, 4) is 0 Å². The van der Waals surface area contributed by atoms with Crippen LogP contribution in [0.4, 0.5) is 0 Å². The fraction of sp³-hybridized carbons (Fsp3) is 0.818. The third kappa shape index (κ3) is 1.35. The van der Waals surface area contributed by atoms with Crippen LogP contribution in [0.25, 0.3) is 0 Å². The zero-order valence-corrected chi connectivity index (χ0v) is 8.41. The van der Waals surface area contributed by atoms with E-state index in [2.05, 4.69) is 11.0 Å². The van der Waals surface area contributed by atoms with E-state index >= 15 is 0 Å². The first-order chi connectivity index (χ1) is 6.78. The molecule has 3 nitrogen and oxygen atoms in total. The summed E-state index contributed by atoms with van der Waals surface area (Å²) in [5, 5.41) is 10.4. The average molecular weight is 195 g/mol. The van der Waals surface area contributed by atoms with Crippen molar-refractivity contribution in [1.29, 1.82) is 0 Å². The number of likely N-dealkylation sites (tertiary alicyclic amines) is 1. The molecule has 1 unspecified atom stereocenters. The lowest BCUT2D eigenvalue weighted by atomic mass is 10.0. The summed E-state index contributed by atoms with van der Waals surface area (Å²) >= 11 is 0. The monoisotopic (exact) mass is 195 g/mol. The first-order valence-electron chi connectivity index (χ1n) is 5.58. The van der Waals surface area contributed by atoms with E-state index in [1.165, 1.54) is 12.8 Å². The lowest BCUT2D eigenvalue weighted by molar-refractivity contribution is 0.0263. The Labute approximate surface area is 84.3 Å². The largest absolute Gasteiger partial charge is 0.495 e. The first-order valence-corrected chi connectivity index (χ1v) is 5.58. The van der Waals surface area contributed by atoms with E-state index < -0.39 is 5.60 Å². The Bertz CT molecular complexity index is 272. The van der Waals surface area contributed by atoms with Crippen molar-refractivity contribution in [3.63, 3.8) is 0 Å². The van der Waals surface area contributed by atoms with Crippen LogP contribution in [-0.2, 0) is 4.74 Å². The lowest BCUT2D eigenvalue weighted by Gasteiger charge is -2.24. The number of ether oxygens (including phenoxy) is 1. The van der Waals surface area contributed by atoms with E-state index in [1.807, 2.05) is 0 Å². The molecule has 0 aromatic carbocycles. The van der Waals surface area contributed by atoms with Gasteiger partial charge in [-0.25, -0.2) is 0 Å². The van der Waals surface area contributed by atoms with Gasteiger partial charge in [-0.3, -0.25) is 4.90 Å². The third-order valence-electron chi connectivity index (χ3n) is 3.50. The molecule has 2 fully saturated rings. The second-order valence-corrected chi connectivity index (χ2v) is 4.69. The minimum atomic E-state index is -0.668. The van der Waals surface area contributed by atoms with E-state index in [1.54, 1.807) is 0 Å². The van der Waals surface area contributed by atoms with E-state index in [0.29, 0.717) is 0 Å². The zero-order chi connectivity index (χ0) is 9.60. The molecule has 3 aliphatic rings. The maximum Gasteiger partial charge on any atom is 0.135 e. The number of nitrogens with zero attached hydrogens (tertiary/aromatic N) is 1. The van der Waals surface area contributed by atoms with Gasteiger partial charge in [0.25, 0.3) is 0 Å². The summed E-state index contributed by atoms with van der Waals surface area (Å²) in [6.45, 7) is 2.56. The Morgan fingerprint density at radius 1 is 1.50 bits per heavy atom. The lowest BCUT2D eigenvalue weighted by Crippen LogP contribution is -2.36. The second-order valence-electron chi connectivity index (χ2n) is 4.69. The molecule has 0 aromatic heterocycles. The number of aliphatic hydroxyl groups is 1. The van der Waals surface area contributed by atoms with Crippen molar-refractivity contribution in [2.45, 2.75) is 37.3 Å². The highest BCUT2D eigenvalue weighted by Gasteiger charge is 2.45. The topological polar surface area (TPSA) is 32.7 Å². The third-order valence-corrected chi connectivity index (χ3v) is 3.50. The molecule has 1 aliphatic carbocycles. The van der Waals surface area contributed by atoms with Gasteiger partial charge in [0.15, 0.2) is 0 Å². The molecule has 2 aliphatic heterocycles. The van der Waals surface area contributed by atoms with E-state index in [-0.39, 0.29) is 0 Å². The molecule has 0 radical (unpaired) electrons. The van der Waals surface area contributed by atoms with Gasteiger partial charge in [0.1, 0.15) is 11.4 Å². The van der Waals surface area contributed by atoms with Crippen LogP contribution in [0.5, 0.6) is 0 Å². The summed E-state index contributed by atoms with van der Waals surface area (Å²) in [5.74, 6) is 0.834.